The SMILES string of the molecule is COc1ccc(C2SCCN2S(=O)(=O)c2ccc(Cl)c(Cl)c2)cc1[N+](=O)[O-]. The number of nitrogens with zero attached hydrogens (tertiary/aromatic N) is 2. The Morgan fingerprint density at radius 1 is 1.22 bits per heavy atom. The molecule has 1 unspecified atom stereocenters. The van der Waals surface area contributed by atoms with Crippen molar-refractivity contribution in [2.24, 2.45) is 0 Å². The Bertz CT molecular complexity index is 1000. The topological polar surface area (TPSA) is 89.8 Å². The summed E-state index contributed by atoms with van der Waals surface area (Å²) in [5.74, 6) is 0.677. The monoisotopic (exact) mass is 448 g/mol. The largest absolute Gasteiger partial charge is 0.490 e. The van der Waals surface area contributed by atoms with Crippen molar-refractivity contribution < 1.29 is 18.1 Å². The minimum atomic E-state index is -3.86. The summed E-state index contributed by atoms with van der Waals surface area (Å²) in [5, 5.41) is 11.1. The van der Waals surface area contributed by atoms with Crippen LogP contribution >= 0.6 is 35.0 Å². The fourth-order valence-electron chi connectivity index (χ4n) is 2.74. The lowest BCUT2D eigenvalue weighted by Gasteiger charge is -2.23. The number of sulfonamides is 1. The average molecular weight is 449 g/mol. The molecule has 144 valence electrons. The van der Waals surface area contributed by atoms with E-state index in [1.165, 1.54) is 53.5 Å². The Balaban J connectivity index is 2.01. The lowest BCUT2D eigenvalue weighted by Crippen LogP contribution is -2.30. The van der Waals surface area contributed by atoms with Crippen molar-refractivity contribution in [3.05, 3.63) is 62.1 Å². The molecular weight excluding hydrogens is 435 g/mol. The Morgan fingerprint density at radius 2 is 1.96 bits per heavy atom. The zero-order valence-corrected chi connectivity index (χ0v) is 17.1. The predicted molar refractivity (Wildman–Crippen MR) is 105 cm³/mol. The molecule has 3 rings (SSSR count). The van der Waals surface area contributed by atoms with Crippen molar-refractivity contribution in [2.75, 3.05) is 19.4 Å². The lowest BCUT2D eigenvalue weighted by molar-refractivity contribution is -0.385. The maximum atomic E-state index is 13.1. The van der Waals surface area contributed by atoms with Gasteiger partial charge in [-0.15, -0.1) is 11.8 Å². The fraction of sp³-hybridized carbons (Fsp3) is 0.250. The lowest BCUT2D eigenvalue weighted by atomic mass is 10.2. The summed E-state index contributed by atoms with van der Waals surface area (Å²) >= 11 is 13.2. The normalized spacial score (nSPS) is 17.8. The van der Waals surface area contributed by atoms with Crippen LogP contribution in [0.15, 0.2) is 41.3 Å². The molecule has 2 aromatic carbocycles. The van der Waals surface area contributed by atoms with Gasteiger partial charge in [-0.3, -0.25) is 10.1 Å². The van der Waals surface area contributed by atoms with E-state index in [-0.39, 0.29) is 32.9 Å². The summed E-state index contributed by atoms with van der Waals surface area (Å²) in [7, 11) is -2.52. The van der Waals surface area contributed by atoms with Gasteiger partial charge in [-0.2, -0.15) is 4.31 Å². The number of rotatable bonds is 5. The quantitative estimate of drug-likeness (QED) is 0.498. The molecule has 0 aliphatic carbocycles. The molecule has 0 saturated carbocycles. The third kappa shape index (κ3) is 3.88. The number of nitro groups is 1. The van der Waals surface area contributed by atoms with Gasteiger partial charge in [0.2, 0.25) is 10.0 Å². The van der Waals surface area contributed by atoms with E-state index in [2.05, 4.69) is 0 Å². The summed E-state index contributed by atoms with van der Waals surface area (Å²) in [6, 6.07) is 8.56. The number of nitro benzene ring substituents is 1. The maximum absolute atomic E-state index is 13.1. The molecule has 7 nitrogen and oxygen atoms in total. The molecule has 1 aliphatic rings. The molecule has 0 bridgehead atoms. The highest BCUT2D eigenvalue weighted by atomic mass is 35.5. The van der Waals surface area contributed by atoms with Gasteiger partial charge in [0, 0.05) is 18.4 Å². The molecule has 27 heavy (non-hydrogen) atoms. The Labute approximate surface area is 170 Å². The zero-order valence-electron chi connectivity index (χ0n) is 14.0. The second-order valence-corrected chi connectivity index (χ2v) is 9.50. The van der Waals surface area contributed by atoms with Gasteiger partial charge in [0.15, 0.2) is 5.75 Å². The van der Waals surface area contributed by atoms with E-state index in [1.54, 1.807) is 6.07 Å². The first-order chi connectivity index (χ1) is 12.8. The van der Waals surface area contributed by atoms with Crippen molar-refractivity contribution in [2.45, 2.75) is 10.3 Å². The zero-order chi connectivity index (χ0) is 19.8. The summed E-state index contributed by atoms with van der Waals surface area (Å²) in [4.78, 5) is 10.7. The number of benzene rings is 2. The van der Waals surface area contributed by atoms with E-state index in [0.29, 0.717) is 11.3 Å². The molecule has 1 saturated heterocycles. The number of hydrogen-bond acceptors (Lipinski definition) is 6. The highest BCUT2D eigenvalue weighted by Gasteiger charge is 2.38. The molecule has 2 aromatic rings. The van der Waals surface area contributed by atoms with E-state index < -0.39 is 20.3 Å². The van der Waals surface area contributed by atoms with Crippen LogP contribution in [0.1, 0.15) is 10.9 Å². The molecule has 0 spiro atoms. The van der Waals surface area contributed by atoms with E-state index in [1.807, 2.05) is 0 Å². The van der Waals surface area contributed by atoms with Gasteiger partial charge in [0.25, 0.3) is 0 Å². The van der Waals surface area contributed by atoms with Crippen LogP contribution < -0.4 is 4.74 Å². The molecule has 1 fully saturated rings. The maximum Gasteiger partial charge on any atom is 0.311 e. The molecule has 0 amide bonds. The molecular formula is C16H14Cl2N2O5S2. The van der Waals surface area contributed by atoms with Gasteiger partial charge in [-0.25, -0.2) is 8.42 Å². The van der Waals surface area contributed by atoms with Gasteiger partial charge in [0.05, 0.1) is 32.3 Å². The highest BCUT2D eigenvalue weighted by Crippen LogP contribution is 2.43. The standard InChI is InChI=1S/C16H14Cl2N2O5S2/c1-25-15-5-2-10(8-14(15)20(21)22)16-19(6-7-26-16)27(23,24)11-3-4-12(17)13(18)9-11/h2-5,8-9,16H,6-7H2,1H3. The molecule has 0 aromatic heterocycles. The number of methoxy groups -OCH3 is 1. The van der Waals surface area contributed by atoms with Crippen molar-refractivity contribution in [1.29, 1.82) is 0 Å². The summed E-state index contributed by atoms with van der Waals surface area (Å²) in [6.07, 6.45) is 0. The minimum absolute atomic E-state index is 0.0208. The van der Waals surface area contributed by atoms with Gasteiger partial charge in [0.1, 0.15) is 0 Å². The molecule has 0 radical (unpaired) electrons. The minimum Gasteiger partial charge on any atom is -0.490 e. The van der Waals surface area contributed by atoms with Crippen LogP contribution in [0, 0.1) is 10.1 Å². The predicted octanol–water partition coefficient (Wildman–Crippen LogP) is 4.35. The highest BCUT2D eigenvalue weighted by molar-refractivity contribution is 8.01. The van der Waals surface area contributed by atoms with Crippen LogP contribution in [-0.4, -0.2) is 37.1 Å². The van der Waals surface area contributed by atoms with Crippen molar-refractivity contribution in [3.8, 4) is 5.75 Å². The van der Waals surface area contributed by atoms with Crippen LogP contribution in [0.4, 0.5) is 5.69 Å². The van der Waals surface area contributed by atoms with E-state index in [4.69, 9.17) is 27.9 Å². The molecule has 1 heterocycles. The molecule has 0 N–H and O–H groups in total. The van der Waals surface area contributed by atoms with Gasteiger partial charge < -0.3 is 4.74 Å². The van der Waals surface area contributed by atoms with E-state index in [9.17, 15) is 18.5 Å². The van der Waals surface area contributed by atoms with Gasteiger partial charge in [-0.1, -0.05) is 29.3 Å². The Hall–Kier alpha value is -1.52. The number of ether oxygens (including phenoxy) is 1. The van der Waals surface area contributed by atoms with E-state index in [0.717, 1.165) is 0 Å². The smallest absolute Gasteiger partial charge is 0.311 e. The number of thioether (sulfide) groups is 1. The van der Waals surface area contributed by atoms with Crippen LogP contribution in [0.5, 0.6) is 5.75 Å². The van der Waals surface area contributed by atoms with Crippen LogP contribution in [0.25, 0.3) is 0 Å². The fourth-order valence-corrected chi connectivity index (χ4v) is 6.36. The Morgan fingerprint density at radius 3 is 2.59 bits per heavy atom. The molecule has 1 aliphatic heterocycles. The molecule has 11 heteroatoms. The average Bonchev–Trinajstić information content (AvgIpc) is 3.14. The second kappa shape index (κ2) is 7.84. The molecule has 1 atom stereocenters. The number of hydrogen-bond donors (Lipinski definition) is 0. The van der Waals surface area contributed by atoms with Crippen LogP contribution in [-0.2, 0) is 10.0 Å². The third-order valence-corrected chi connectivity index (χ3v) is 8.03. The second-order valence-electron chi connectivity index (χ2n) is 5.60. The van der Waals surface area contributed by atoms with Gasteiger partial charge in [-0.05, 0) is 29.8 Å². The first-order valence-corrected chi connectivity index (χ1v) is 10.9. The summed E-state index contributed by atoms with van der Waals surface area (Å²) in [5.41, 5.74) is 0.294. The first-order valence-electron chi connectivity index (χ1n) is 7.66. The van der Waals surface area contributed by atoms with Crippen LogP contribution in [0.3, 0.4) is 0 Å². The Kier molecular flexibility index (Phi) is 5.87. The van der Waals surface area contributed by atoms with Crippen molar-refractivity contribution in [3.63, 3.8) is 0 Å². The van der Waals surface area contributed by atoms with Crippen molar-refractivity contribution >= 4 is 50.7 Å². The third-order valence-electron chi connectivity index (χ3n) is 4.03. The summed E-state index contributed by atoms with van der Waals surface area (Å²) < 4.78 is 32.5. The van der Waals surface area contributed by atoms with Gasteiger partial charge >= 0.3 is 5.69 Å². The van der Waals surface area contributed by atoms with Crippen LogP contribution in [0.2, 0.25) is 10.0 Å². The first kappa shape index (κ1) is 20.2. The number of halogens is 2. The van der Waals surface area contributed by atoms with E-state index >= 15 is 0 Å². The summed E-state index contributed by atoms with van der Waals surface area (Å²) in [6.45, 7) is 0.276. The van der Waals surface area contributed by atoms with Crippen molar-refractivity contribution in [1.82, 2.24) is 4.31 Å².